The zero-order valence-corrected chi connectivity index (χ0v) is 13.7. The van der Waals surface area contributed by atoms with E-state index in [-0.39, 0.29) is 11.6 Å². The fourth-order valence-electron chi connectivity index (χ4n) is 2.84. The fourth-order valence-corrected chi connectivity index (χ4v) is 2.84. The van der Waals surface area contributed by atoms with Crippen molar-refractivity contribution in [2.45, 2.75) is 39.3 Å². The van der Waals surface area contributed by atoms with E-state index in [9.17, 15) is 14.5 Å². The topological polar surface area (TPSA) is 72.2 Å². The maximum atomic E-state index is 14.0. The van der Waals surface area contributed by atoms with Gasteiger partial charge in [-0.2, -0.15) is 0 Å². The maximum Gasteiger partial charge on any atom is 0.269 e. The van der Waals surface area contributed by atoms with Gasteiger partial charge in [0.15, 0.2) is 0 Å². The minimum atomic E-state index is -0.504. The predicted octanol–water partition coefficient (Wildman–Crippen LogP) is 3.21. The summed E-state index contributed by atoms with van der Waals surface area (Å²) in [5.41, 5.74) is 2.34. The second-order valence-electron chi connectivity index (χ2n) is 6.35. The third-order valence-corrected chi connectivity index (χ3v) is 4.18. The Bertz CT molecular complexity index is 779. The number of hydrogen-bond donors (Lipinski definition) is 0. The Balaban J connectivity index is 1.77. The van der Waals surface area contributed by atoms with Crippen molar-refractivity contribution in [2.24, 2.45) is 0 Å². The molecule has 1 aromatic heterocycles. The van der Waals surface area contributed by atoms with Gasteiger partial charge < -0.3 is 0 Å². The average Bonchev–Trinajstić information content (AvgIpc) is 2.56. The van der Waals surface area contributed by atoms with E-state index in [1.165, 1.54) is 12.1 Å². The molecular formula is C17H19FN4O2. The van der Waals surface area contributed by atoms with Crippen molar-refractivity contribution in [1.29, 1.82) is 0 Å². The molecule has 0 amide bonds. The van der Waals surface area contributed by atoms with Crippen LogP contribution in [-0.4, -0.2) is 26.3 Å². The first-order valence-corrected chi connectivity index (χ1v) is 7.94. The Hall–Kier alpha value is -2.41. The van der Waals surface area contributed by atoms with Gasteiger partial charge in [-0.15, -0.1) is 0 Å². The SMILES string of the molecule is CC(C)c1ncc2c(n1)CCN(Cc1cc([N+](=O)[O-])ccc1F)C2. The van der Waals surface area contributed by atoms with Gasteiger partial charge in [0, 0.05) is 67.1 Å². The van der Waals surface area contributed by atoms with Crippen LogP contribution >= 0.6 is 0 Å². The number of aromatic nitrogens is 2. The Morgan fingerprint density at radius 2 is 2.21 bits per heavy atom. The standard InChI is InChI=1S/C17H19FN4O2/c1-11(2)17-19-8-13-10-21(6-5-16(13)20-17)9-12-7-14(22(23)24)3-4-15(12)18/h3-4,7-8,11H,5-6,9-10H2,1-2H3. The van der Waals surface area contributed by atoms with Crippen LogP contribution in [0.15, 0.2) is 24.4 Å². The summed E-state index contributed by atoms with van der Waals surface area (Å²) in [6.07, 6.45) is 2.61. The van der Waals surface area contributed by atoms with Crippen molar-refractivity contribution in [3.8, 4) is 0 Å². The lowest BCUT2D eigenvalue weighted by molar-refractivity contribution is -0.385. The zero-order chi connectivity index (χ0) is 17.3. The number of nitro groups is 1. The first-order valence-electron chi connectivity index (χ1n) is 7.94. The van der Waals surface area contributed by atoms with E-state index in [1.54, 1.807) is 0 Å². The molecule has 0 saturated carbocycles. The molecule has 2 aromatic rings. The monoisotopic (exact) mass is 330 g/mol. The quantitative estimate of drug-likeness (QED) is 0.636. The fraction of sp³-hybridized carbons (Fsp3) is 0.412. The Labute approximate surface area is 139 Å². The maximum absolute atomic E-state index is 14.0. The van der Waals surface area contributed by atoms with Gasteiger partial charge in [-0.1, -0.05) is 13.8 Å². The number of halogens is 1. The van der Waals surface area contributed by atoms with E-state index in [2.05, 4.69) is 28.7 Å². The van der Waals surface area contributed by atoms with E-state index in [1.807, 2.05) is 6.20 Å². The minimum Gasteiger partial charge on any atom is -0.294 e. The van der Waals surface area contributed by atoms with Gasteiger partial charge in [-0.05, 0) is 6.07 Å². The second kappa shape index (κ2) is 6.60. The van der Waals surface area contributed by atoms with Crippen LogP contribution in [0.1, 0.15) is 42.4 Å². The molecule has 0 N–H and O–H groups in total. The average molecular weight is 330 g/mol. The third-order valence-electron chi connectivity index (χ3n) is 4.18. The van der Waals surface area contributed by atoms with Gasteiger partial charge in [-0.25, -0.2) is 14.4 Å². The number of non-ortho nitro benzene ring substituents is 1. The Morgan fingerprint density at radius 3 is 2.92 bits per heavy atom. The third kappa shape index (κ3) is 3.41. The van der Waals surface area contributed by atoms with Crippen LogP contribution in [0.2, 0.25) is 0 Å². The van der Waals surface area contributed by atoms with Gasteiger partial charge in [0.05, 0.1) is 4.92 Å². The number of nitrogens with zero attached hydrogens (tertiary/aromatic N) is 4. The molecule has 6 nitrogen and oxygen atoms in total. The molecule has 1 aliphatic heterocycles. The molecule has 2 heterocycles. The summed E-state index contributed by atoms with van der Waals surface area (Å²) in [7, 11) is 0. The number of benzene rings is 1. The Morgan fingerprint density at radius 1 is 1.42 bits per heavy atom. The number of fused-ring (bicyclic) bond motifs is 1. The summed E-state index contributed by atoms with van der Waals surface area (Å²) in [5.74, 6) is 0.706. The van der Waals surface area contributed by atoms with Crippen molar-refractivity contribution < 1.29 is 9.31 Å². The minimum absolute atomic E-state index is 0.0891. The van der Waals surface area contributed by atoms with Gasteiger partial charge in [0.1, 0.15) is 11.6 Å². The van der Waals surface area contributed by atoms with Crippen LogP contribution < -0.4 is 0 Å². The molecule has 0 fully saturated rings. The van der Waals surface area contributed by atoms with Crippen LogP contribution in [0.4, 0.5) is 10.1 Å². The van der Waals surface area contributed by atoms with Gasteiger partial charge in [0.2, 0.25) is 0 Å². The summed E-state index contributed by atoms with van der Waals surface area (Å²) < 4.78 is 14.0. The molecule has 24 heavy (non-hydrogen) atoms. The van der Waals surface area contributed by atoms with Crippen molar-refractivity contribution in [1.82, 2.24) is 14.9 Å². The molecule has 0 spiro atoms. The smallest absolute Gasteiger partial charge is 0.269 e. The lowest BCUT2D eigenvalue weighted by atomic mass is 10.0. The molecule has 0 atom stereocenters. The van der Waals surface area contributed by atoms with Crippen LogP contribution in [0.3, 0.4) is 0 Å². The summed E-state index contributed by atoms with van der Waals surface area (Å²) in [6.45, 7) is 5.81. The van der Waals surface area contributed by atoms with Crippen molar-refractivity contribution in [2.75, 3.05) is 6.54 Å². The normalized spacial score (nSPS) is 14.7. The van der Waals surface area contributed by atoms with Crippen LogP contribution in [-0.2, 0) is 19.5 Å². The van der Waals surface area contributed by atoms with E-state index >= 15 is 0 Å². The lowest BCUT2D eigenvalue weighted by Gasteiger charge is -2.28. The highest BCUT2D eigenvalue weighted by Gasteiger charge is 2.21. The largest absolute Gasteiger partial charge is 0.294 e. The highest BCUT2D eigenvalue weighted by molar-refractivity contribution is 5.35. The second-order valence-corrected chi connectivity index (χ2v) is 6.35. The molecule has 0 radical (unpaired) electrons. The van der Waals surface area contributed by atoms with Crippen LogP contribution in [0.25, 0.3) is 0 Å². The summed E-state index contributed by atoms with van der Waals surface area (Å²) in [6, 6.07) is 3.65. The first-order chi connectivity index (χ1) is 11.4. The molecule has 1 aliphatic rings. The highest BCUT2D eigenvalue weighted by Crippen LogP contribution is 2.23. The zero-order valence-electron chi connectivity index (χ0n) is 13.7. The van der Waals surface area contributed by atoms with E-state index in [4.69, 9.17) is 0 Å². The summed E-state index contributed by atoms with van der Waals surface area (Å²) in [4.78, 5) is 21.4. The van der Waals surface area contributed by atoms with Crippen LogP contribution in [0.5, 0.6) is 0 Å². The van der Waals surface area contributed by atoms with Gasteiger partial charge >= 0.3 is 0 Å². The molecule has 7 heteroatoms. The Kier molecular flexibility index (Phi) is 4.53. The van der Waals surface area contributed by atoms with Crippen molar-refractivity contribution in [3.05, 3.63) is 63.0 Å². The number of rotatable bonds is 4. The molecule has 0 unspecified atom stereocenters. The van der Waals surface area contributed by atoms with E-state index < -0.39 is 10.7 Å². The molecular weight excluding hydrogens is 311 g/mol. The predicted molar refractivity (Wildman–Crippen MR) is 87.0 cm³/mol. The lowest BCUT2D eigenvalue weighted by Crippen LogP contribution is -2.31. The molecule has 126 valence electrons. The van der Waals surface area contributed by atoms with Gasteiger partial charge in [-0.3, -0.25) is 15.0 Å². The molecule has 3 rings (SSSR count). The van der Waals surface area contributed by atoms with E-state index in [0.717, 1.165) is 36.1 Å². The van der Waals surface area contributed by atoms with Gasteiger partial charge in [0.25, 0.3) is 5.69 Å². The molecule has 0 bridgehead atoms. The van der Waals surface area contributed by atoms with Crippen molar-refractivity contribution >= 4 is 5.69 Å². The van der Waals surface area contributed by atoms with E-state index in [0.29, 0.717) is 18.7 Å². The molecule has 0 saturated heterocycles. The van der Waals surface area contributed by atoms with Crippen molar-refractivity contribution in [3.63, 3.8) is 0 Å². The first kappa shape index (κ1) is 16.4. The number of hydrogen-bond acceptors (Lipinski definition) is 5. The summed E-state index contributed by atoms with van der Waals surface area (Å²) >= 11 is 0. The van der Waals surface area contributed by atoms with Crippen LogP contribution in [0, 0.1) is 15.9 Å². The molecule has 1 aromatic carbocycles. The highest BCUT2D eigenvalue weighted by atomic mass is 19.1. The number of nitro benzene ring substituents is 1. The summed E-state index contributed by atoms with van der Waals surface area (Å²) in [5, 5.41) is 10.9. The molecule has 0 aliphatic carbocycles.